The van der Waals surface area contributed by atoms with E-state index in [0.717, 1.165) is 28.8 Å². The minimum atomic E-state index is -0.246. The van der Waals surface area contributed by atoms with Gasteiger partial charge in [-0.1, -0.05) is 0 Å². The van der Waals surface area contributed by atoms with E-state index in [2.05, 4.69) is 42.9 Å². The molecule has 2 unspecified atom stereocenters. The van der Waals surface area contributed by atoms with Gasteiger partial charge in [0.15, 0.2) is 0 Å². The van der Waals surface area contributed by atoms with Gasteiger partial charge in [-0.25, -0.2) is 4.79 Å². The minimum Gasteiger partial charge on any atom is -0.211 e. The Balaban J connectivity index is 3.64. The van der Waals surface area contributed by atoms with E-state index in [9.17, 15) is 4.79 Å². The Labute approximate surface area is 116 Å². The molecule has 2 nitrogen and oxygen atoms in total. The first kappa shape index (κ1) is 16.1. The number of hydrogen-bond donors (Lipinski definition) is 3. The van der Waals surface area contributed by atoms with Gasteiger partial charge in [-0.3, -0.25) is 0 Å². The molecule has 0 spiro atoms. The van der Waals surface area contributed by atoms with Crippen LogP contribution in [0, 0.1) is 0 Å². The van der Waals surface area contributed by atoms with E-state index in [1.54, 1.807) is 11.8 Å². The third kappa shape index (κ3) is 10.0. The summed E-state index contributed by atoms with van der Waals surface area (Å²) in [5.41, 5.74) is 0. The van der Waals surface area contributed by atoms with Crippen LogP contribution in [0.1, 0.15) is 0 Å². The molecule has 0 N–H and O–H groups in total. The lowest BCUT2D eigenvalue weighted by molar-refractivity contribution is 0.563. The highest BCUT2D eigenvalue weighted by Gasteiger charge is 2.09. The minimum absolute atomic E-state index is 0.246. The summed E-state index contributed by atoms with van der Waals surface area (Å²) < 4.78 is 0. The molecule has 0 bridgehead atoms. The molecule has 0 aromatic heterocycles. The standard InChI is InChI=1S/C8H15NOS5/c10-6-9-8(13)5-15-7(3-12)4-14-2-1-11/h7-8,11-13H,1-5H2. The number of carbonyl (C=O) groups excluding carboxylic acids is 1. The number of aliphatic imine (C=N–C) groups is 1. The maximum Gasteiger partial charge on any atom is 0.236 e. The second kappa shape index (κ2) is 11.6. The van der Waals surface area contributed by atoms with Crippen molar-refractivity contribution in [2.75, 3.05) is 28.8 Å². The molecule has 0 aliphatic heterocycles. The summed E-state index contributed by atoms with van der Waals surface area (Å²) in [4.78, 5) is 13.5. The van der Waals surface area contributed by atoms with Crippen molar-refractivity contribution in [1.29, 1.82) is 0 Å². The van der Waals surface area contributed by atoms with Crippen LogP contribution in [-0.2, 0) is 4.79 Å². The van der Waals surface area contributed by atoms with Crippen molar-refractivity contribution in [3.05, 3.63) is 0 Å². The van der Waals surface area contributed by atoms with Gasteiger partial charge in [0.05, 0.1) is 0 Å². The van der Waals surface area contributed by atoms with Crippen LogP contribution in [0.5, 0.6) is 0 Å². The molecule has 15 heavy (non-hydrogen) atoms. The van der Waals surface area contributed by atoms with Crippen molar-refractivity contribution in [1.82, 2.24) is 0 Å². The van der Waals surface area contributed by atoms with Crippen LogP contribution in [0.2, 0.25) is 0 Å². The average Bonchev–Trinajstić information content (AvgIpc) is 2.23. The highest BCUT2D eigenvalue weighted by Crippen LogP contribution is 2.20. The first-order chi connectivity index (χ1) is 7.24. The van der Waals surface area contributed by atoms with Gasteiger partial charge in [-0.2, -0.15) is 66.4 Å². The fourth-order valence-electron chi connectivity index (χ4n) is 0.753. The highest BCUT2D eigenvalue weighted by atomic mass is 32.2. The molecule has 0 aromatic rings. The van der Waals surface area contributed by atoms with Gasteiger partial charge in [0.2, 0.25) is 6.08 Å². The van der Waals surface area contributed by atoms with E-state index >= 15 is 0 Å². The molecular weight excluding hydrogens is 286 g/mol. The number of hydrogen-bond acceptors (Lipinski definition) is 7. The Hall–Kier alpha value is 1.13. The Morgan fingerprint density at radius 1 is 1.33 bits per heavy atom. The second-order valence-electron chi connectivity index (χ2n) is 2.64. The fourth-order valence-corrected chi connectivity index (χ4v) is 4.04. The highest BCUT2D eigenvalue weighted by molar-refractivity contribution is 8.04. The fraction of sp³-hybridized carbons (Fsp3) is 0.875. The van der Waals surface area contributed by atoms with E-state index < -0.39 is 0 Å². The predicted octanol–water partition coefficient (Wildman–Crippen LogP) is 2.27. The molecule has 0 heterocycles. The molecule has 0 fully saturated rings. The van der Waals surface area contributed by atoms with E-state index in [1.807, 2.05) is 11.8 Å². The molecule has 88 valence electrons. The lowest BCUT2D eigenvalue weighted by atomic mass is 10.5. The average molecular weight is 302 g/mol. The summed E-state index contributed by atoms with van der Waals surface area (Å²) in [6, 6.07) is 0. The Bertz CT molecular complexity index is 197. The van der Waals surface area contributed by atoms with Gasteiger partial charge in [-0.15, -0.1) is 0 Å². The SMILES string of the molecule is O=C=NC(S)CSC(CS)CSCCS. The van der Waals surface area contributed by atoms with Gasteiger partial charge < -0.3 is 0 Å². The van der Waals surface area contributed by atoms with Gasteiger partial charge in [0, 0.05) is 28.3 Å². The maximum atomic E-state index is 9.96. The smallest absolute Gasteiger partial charge is 0.211 e. The zero-order chi connectivity index (χ0) is 11.5. The van der Waals surface area contributed by atoms with E-state index in [0.29, 0.717) is 5.25 Å². The number of rotatable bonds is 9. The Morgan fingerprint density at radius 3 is 2.60 bits per heavy atom. The van der Waals surface area contributed by atoms with Crippen LogP contribution in [-0.4, -0.2) is 45.5 Å². The van der Waals surface area contributed by atoms with Gasteiger partial charge in [0.1, 0.15) is 5.37 Å². The topological polar surface area (TPSA) is 29.4 Å². The summed E-state index contributed by atoms with van der Waals surface area (Å²) in [7, 11) is 0. The third-order valence-electron chi connectivity index (χ3n) is 1.43. The summed E-state index contributed by atoms with van der Waals surface area (Å²) in [5.74, 6) is 4.57. The molecule has 0 aromatic carbocycles. The van der Waals surface area contributed by atoms with Crippen LogP contribution < -0.4 is 0 Å². The van der Waals surface area contributed by atoms with Crippen LogP contribution in [0.4, 0.5) is 0 Å². The van der Waals surface area contributed by atoms with Crippen molar-refractivity contribution in [3.63, 3.8) is 0 Å². The summed E-state index contributed by atoms with van der Waals surface area (Å²) >= 11 is 16.2. The molecule has 0 saturated heterocycles. The lowest BCUT2D eigenvalue weighted by Gasteiger charge is -2.14. The predicted molar refractivity (Wildman–Crippen MR) is 82.2 cm³/mol. The zero-order valence-corrected chi connectivity index (χ0v) is 12.5. The zero-order valence-electron chi connectivity index (χ0n) is 8.20. The van der Waals surface area contributed by atoms with Crippen molar-refractivity contribution in [3.8, 4) is 0 Å². The number of isocyanates is 1. The van der Waals surface area contributed by atoms with Crippen LogP contribution >= 0.6 is 61.4 Å². The molecule has 0 aliphatic carbocycles. The maximum absolute atomic E-state index is 9.96. The largest absolute Gasteiger partial charge is 0.236 e. The van der Waals surface area contributed by atoms with E-state index in [4.69, 9.17) is 0 Å². The normalized spacial score (nSPS) is 14.3. The molecule has 0 rings (SSSR count). The van der Waals surface area contributed by atoms with Crippen molar-refractivity contribution in [2.24, 2.45) is 4.99 Å². The summed E-state index contributed by atoms with van der Waals surface area (Å²) in [6.45, 7) is 0. The Morgan fingerprint density at radius 2 is 2.07 bits per heavy atom. The molecule has 2 atom stereocenters. The molecule has 0 saturated carbocycles. The monoisotopic (exact) mass is 301 g/mol. The van der Waals surface area contributed by atoms with E-state index in [1.165, 1.54) is 6.08 Å². The van der Waals surface area contributed by atoms with Crippen molar-refractivity contribution in [2.45, 2.75) is 10.6 Å². The second-order valence-corrected chi connectivity index (χ2v) is 6.53. The van der Waals surface area contributed by atoms with E-state index in [-0.39, 0.29) is 5.37 Å². The molecular formula is C8H15NOS5. The summed E-state index contributed by atoms with van der Waals surface area (Å²) in [5, 5.41) is 0.236. The first-order valence-electron chi connectivity index (χ1n) is 4.40. The van der Waals surface area contributed by atoms with Crippen molar-refractivity contribution >= 4 is 67.5 Å². The number of nitrogens with zero attached hydrogens (tertiary/aromatic N) is 1. The van der Waals surface area contributed by atoms with Crippen LogP contribution in [0.25, 0.3) is 0 Å². The van der Waals surface area contributed by atoms with Gasteiger partial charge in [-0.05, 0) is 5.75 Å². The first-order valence-corrected chi connectivity index (χ1v) is 8.39. The third-order valence-corrected chi connectivity index (χ3v) is 5.84. The number of thiol groups is 3. The lowest BCUT2D eigenvalue weighted by Crippen LogP contribution is -2.12. The van der Waals surface area contributed by atoms with Gasteiger partial charge >= 0.3 is 0 Å². The summed E-state index contributed by atoms with van der Waals surface area (Å²) in [6.07, 6.45) is 1.51. The molecule has 0 aliphatic rings. The molecule has 0 radical (unpaired) electrons. The van der Waals surface area contributed by atoms with Gasteiger partial charge in [0.25, 0.3) is 0 Å². The number of thioether (sulfide) groups is 2. The van der Waals surface area contributed by atoms with Crippen LogP contribution in [0.15, 0.2) is 4.99 Å². The van der Waals surface area contributed by atoms with Crippen molar-refractivity contribution < 1.29 is 4.79 Å². The Kier molecular flexibility index (Phi) is 12.5. The molecule has 7 heteroatoms. The van der Waals surface area contributed by atoms with Crippen LogP contribution in [0.3, 0.4) is 0 Å². The molecule has 0 amide bonds. The quantitative estimate of drug-likeness (QED) is 0.264.